The van der Waals surface area contributed by atoms with Crippen molar-refractivity contribution >= 4 is 24.9 Å². The van der Waals surface area contributed by atoms with Crippen molar-refractivity contribution in [2.75, 3.05) is 0 Å². The molecule has 5 rings (SSSR count). The molecule has 4 heterocycles. The van der Waals surface area contributed by atoms with E-state index in [-0.39, 0.29) is 18.6 Å². The van der Waals surface area contributed by atoms with E-state index < -0.39 is 19.6 Å². The summed E-state index contributed by atoms with van der Waals surface area (Å²) < 4.78 is 6.82. The van der Waals surface area contributed by atoms with Gasteiger partial charge in [0, 0.05) is 24.6 Å². The summed E-state index contributed by atoms with van der Waals surface area (Å²) in [6, 6.07) is 11.2. The highest BCUT2D eigenvalue weighted by Crippen LogP contribution is 2.39. The predicted molar refractivity (Wildman–Crippen MR) is 122 cm³/mol. The van der Waals surface area contributed by atoms with E-state index in [0.717, 1.165) is 28.2 Å². The van der Waals surface area contributed by atoms with Crippen molar-refractivity contribution in [2.45, 2.75) is 57.8 Å². The zero-order chi connectivity index (χ0) is 22.1. The number of esters is 1. The molecular formula is C24H26N2O4Si. The molecule has 2 aromatic heterocycles. The van der Waals surface area contributed by atoms with Crippen LogP contribution in [-0.4, -0.2) is 28.7 Å². The van der Waals surface area contributed by atoms with Gasteiger partial charge in [-0.15, -0.1) is 0 Å². The highest BCUT2D eigenvalue weighted by atomic mass is 28.3. The highest BCUT2D eigenvalue weighted by Gasteiger charge is 2.45. The van der Waals surface area contributed by atoms with Gasteiger partial charge in [-0.3, -0.25) is 4.79 Å². The van der Waals surface area contributed by atoms with Crippen molar-refractivity contribution < 1.29 is 14.6 Å². The monoisotopic (exact) mass is 434 g/mol. The number of carbonyl (C=O) groups excluding carboxylic acids is 1. The van der Waals surface area contributed by atoms with Crippen molar-refractivity contribution in [2.24, 2.45) is 0 Å². The zero-order valence-electron chi connectivity index (χ0n) is 18.3. The van der Waals surface area contributed by atoms with Gasteiger partial charge < -0.3 is 14.4 Å². The summed E-state index contributed by atoms with van der Waals surface area (Å²) in [6.45, 7) is 9.09. The van der Waals surface area contributed by atoms with E-state index in [9.17, 15) is 14.7 Å². The maximum Gasteiger partial charge on any atom is 0.343 e. The van der Waals surface area contributed by atoms with Gasteiger partial charge in [0.1, 0.15) is 6.61 Å². The van der Waals surface area contributed by atoms with Crippen LogP contribution < -0.4 is 5.56 Å². The van der Waals surface area contributed by atoms with Gasteiger partial charge in [-0.1, -0.05) is 38.7 Å². The number of aliphatic hydroxyl groups is 1. The number of nitrogens with zero attached hydrogens (tertiary/aromatic N) is 2. The lowest BCUT2D eigenvalue weighted by Crippen LogP contribution is -2.44. The van der Waals surface area contributed by atoms with Crippen molar-refractivity contribution in [1.29, 1.82) is 0 Å². The predicted octanol–water partition coefficient (Wildman–Crippen LogP) is 3.50. The molecule has 2 aliphatic rings. The van der Waals surface area contributed by atoms with Crippen LogP contribution in [0.2, 0.25) is 19.6 Å². The molecule has 0 spiro atoms. The third-order valence-corrected chi connectivity index (χ3v) is 7.80. The standard InChI is InChI=1S/C24H26N2O4Si/c1-5-24(29)18-10-20-21-15(11-26(20)22(27)17(18)12-30-23(24)28)9-16-14(13-31(2,3)4)7-6-8-19(16)25-21/h6-10,29H,5,11-13H2,1-4H3/t24-/m0/s1. The number of hydrogen-bond donors (Lipinski definition) is 1. The van der Waals surface area contributed by atoms with Crippen LogP contribution in [0.4, 0.5) is 0 Å². The summed E-state index contributed by atoms with van der Waals surface area (Å²) >= 11 is 0. The quantitative estimate of drug-likeness (QED) is 0.394. The third kappa shape index (κ3) is 2.98. The minimum Gasteiger partial charge on any atom is -0.458 e. The SMILES string of the molecule is CC[C@@]1(O)C(=O)OCc2c1cc1n(c2=O)Cc2cc3c(C[Si](C)(C)C)cccc3nc2-1. The summed E-state index contributed by atoms with van der Waals surface area (Å²) in [4.78, 5) is 30.5. The van der Waals surface area contributed by atoms with Gasteiger partial charge in [0.05, 0.1) is 29.0 Å². The number of benzene rings is 1. The normalized spacial score (nSPS) is 19.7. The first-order valence-electron chi connectivity index (χ1n) is 10.7. The van der Waals surface area contributed by atoms with Crippen molar-refractivity contribution in [3.05, 3.63) is 62.9 Å². The van der Waals surface area contributed by atoms with Gasteiger partial charge in [0.15, 0.2) is 5.60 Å². The topological polar surface area (TPSA) is 81.4 Å². The first-order valence-corrected chi connectivity index (χ1v) is 14.4. The second-order valence-electron chi connectivity index (χ2n) is 9.82. The summed E-state index contributed by atoms with van der Waals surface area (Å²) in [6.07, 6.45) is 0.139. The van der Waals surface area contributed by atoms with Crippen LogP contribution in [-0.2, 0) is 34.3 Å². The second-order valence-corrected chi connectivity index (χ2v) is 15.3. The van der Waals surface area contributed by atoms with Gasteiger partial charge in [0.25, 0.3) is 5.56 Å². The molecule has 6 nitrogen and oxygen atoms in total. The Kier molecular flexibility index (Phi) is 4.30. The van der Waals surface area contributed by atoms with E-state index in [1.165, 1.54) is 5.56 Å². The summed E-state index contributed by atoms with van der Waals surface area (Å²) in [5.41, 5.74) is 3.26. The van der Waals surface area contributed by atoms with Gasteiger partial charge in [0.2, 0.25) is 0 Å². The fraction of sp³-hybridized carbons (Fsp3) is 0.375. The van der Waals surface area contributed by atoms with Crippen LogP contribution in [0.3, 0.4) is 0 Å². The molecular weight excluding hydrogens is 408 g/mol. The molecule has 0 saturated carbocycles. The number of hydrogen-bond acceptors (Lipinski definition) is 5. The van der Waals surface area contributed by atoms with E-state index in [0.29, 0.717) is 23.4 Å². The van der Waals surface area contributed by atoms with E-state index >= 15 is 0 Å². The van der Waals surface area contributed by atoms with E-state index in [1.807, 2.05) is 12.1 Å². The van der Waals surface area contributed by atoms with Crippen LogP contribution in [0.25, 0.3) is 22.3 Å². The lowest BCUT2D eigenvalue weighted by atomic mass is 9.86. The van der Waals surface area contributed by atoms with Crippen LogP contribution in [0, 0.1) is 0 Å². The van der Waals surface area contributed by atoms with Gasteiger partial charge in [-0.2, -0.15) is 0 Å². The molecule has 0 unspecified atom stereocenters. The lowest BCUT2D eigenvalue weighted by Gasteiger charge is -2.31. The molecule has 7 heteroatoms. The molecule has 0 amide bonds. The molecule has 1 N–H and O–H groups in total. The Labute approximate surface area is 181 Å². The molecule has 0 saturated heterocycles. The number of pyridine rings is 2. The first-order chi connectivity index (χ1) is 14.6. The number of rotatable bonds is 3. The van der Waals surface area contributed by atoms with Gasteiger partial charge in [-0.05, 0) is 36.2 Å². The summed E-state index contributed by atoms with van der Waals surface area (Å²) in [5.74, 6) is -0.701. The van der Waals surface area contributed by atoms with E-state index in [4.69, 9.17) is 9.72 Å². The van der Waals surface area contributed by atoms with Gasteiger partial charge in [-0.25, -0.2) is 9.78 Å². The molecule has 0 radical (unpaired) electrons. The lowest BCUT2D eigenvalue weighted by molar-refractivity contribution is -0.172. The van der Waals surface area contributed by atoms with Crippen LogP contribution in [0.15, 0.2) is 35.1 Å². The fourth-order valence-corrected chi connectivity index (χ4v) is 6.24. The minimum absolute atomic E-state index is 0.109. The highest BCUT2D eigenvalue weighted by molar-refractivity contribution is 6.75. The molecule has 3 aromatic rings. The Balaban J connectivity index is 1.72. The Morgan fingerprint density at radius 3 is 2.71 bits per heavy atom. The minimum atomic E-state index is -1.80. The Morgan fingerprint density at radius 1 is 1.23 bits per heavy atom. The van der Waals surface area contributed by atoms with Crippen molar-refractivity contribution in [1.82, 2.24) is 9.55 Å². The molecule has 1 atom stereocenters. The fourth-order valence-electron chi connectivity index (χ4n) is 4.79. The van der Waals surface area contributed by atoms with Crippen LogP contribution in [0.5, 0.6) is 0 Å². The average Bonchev–Trinajstić information content (AvgIpc) is 3.07. The molecule has 160 valence electrons. The molecule has 1 aromatic carbocycles. The first kappa shape index (κ1) is 20.1. The summed E-state index contributed by atoms with van der Waals surface area (Å²) in [7, 11) is -1.31. The average molecular weight is 435 g/mol. The molecule has 0 aliphatic carbocycles. The van der Waals surface area contributed by atoms with Crippen molar-refractivity contribution in [3.63, 3.8) is 0 Å². The van der Waals surface area contributed by atoms with E-state index in [1.54, 1.807) is 17.6 Å². The molecule has 0 fully saturated rings. The smallest absolute Gasteiger partial charge is 0.343 e. The Hall–Kier alpha value is -2.77. The molecule has 31 heavy (non-hydrogen) atoms. The van der Waals surface area contributed by atoms with Gasteiger partial charge >= 0.3 is 5.97 Å². The largest absolute Gasteiger partial charge is 0.458 e. The zero-order valence-corrected chi connectivity index (χ0v) is 19.3. The Bertz CT molecular complexity index is 1320. The molecule has 2 aliphatic heterocycles. The molecule has 0 bridgehead atoms. The maximum absolute atomic E-state index is 13.3. The van der Waals surface area contributed by atoms with Crippen LogP contribution in [0.1, 0.15) is 35.6 Å². The summed E-state index contributed by atoms with van der Waals surface area (Å²) in [5, 5.41) is 12.1. The van der Waals surface area contributed by atoms with E-state index in [2.05, 4.69) is 31.8 Å². The second kappa shape index (κ2) is 6.61. The number of fused-ring (bicyclic) bond motifs is 5. The number of carbonyl (C=O) groups is 1. The third-order valence-electron chi connectivity index (χ3n) is 6.36. The van der Waals surface area contributed by atoms with Crippen LogP contribution >= 0.6 is 0 Å². The number of cyclic esters (lactones) is 1. The Morgan fingerprint density at radius 2 is 2.00 bits per heavy atom. The number of ether oxygens (including phenoxy) is 1. The maximum atomic E-state index is 13.3. The number of aromatic nitrogens is 2. The van der Waals surface area contributed by atoms with Crippen molar-refractivity contribution in [3.8, 4) is 11.4 Å².